The molecular weight excluding hydrogens is 326 g/mol. The number of aryl methyl sites for hydroxylation is 1. The van der Waals surface area contributed by atoms with Gasteiger partial charge in [-0.1, -0.05) is 0 Å². The van der Waals surface area contributed by atoms with Crippen LogP contribution in [0.3, 0.4) is 0 Å². The van der Waals surface area contributed by atoms with Crippen molar-refractivity contribution in [2.24, 2.45) is 0 Å². The monoisotopic (exact) mass is 337 g/mol. The van der Waals surface area contributed by atoms with Gasteiger partial charge in [-0.05, 0) is 47.0 Å². The summed E-state index contributed by atoms with van der Waals surface area (Å²) in [5.41, 5.74) is 1.69. The zero-order valence-corrected chi connectivity index (χ0v) is 12.8. The molecule has 1 aromatic heterocycles. The predicted molar refractivity (Wildman–Crippen MR) is 79.1 cm³/mol. The number of methoxy groups -OCH3 is 1. The van der Waals surface area contributed by atoms with Crippen LogP contribution < -0.4 is 4.74 Å². The summed E-state index contributed by atoms with van der Waals surface area (Å²) in [6, 6.07) is 5.85. The lowest BCUT2D eigenvalue weighted by molar-refractivity contribution is 0.0968. The Morgan fingerprint density at radius 1 is 1.37 bits per heavy atom. The first kappa shape index (κ1) is 12.8. The number of halogens is 1. The molecule has 0 saturated carbocycles. The second-order valence-electron chi connectivity index (χ2n) is 4.42. The normalized spacial score (nSPS) is 14.3. The van der Waals surface area contributed by atoms with E-state index in [4.69, 9.17) is 4.74 Å². The molecule has 0 spiro atoms. The highest BCUT2D eigenvalue weighted by atomic mass is 79.9. The summed E-state index contributed by atoms with van der Waals surface area (Å²) in [6.45, 7) is 0. The van der Waals surface area contributed by atoms with Crippen molar-refractivity contribution in [1.29, 1.82) is 0 Å². The van der Waals surface area contributed by atoms with Crippen LogP contribution in [0.2, 0.25) is 0 Å². The molecule has 5 heteroatoms. The van der Waals surface area contributed by atoms with Crippen molar-refractivity contribution < 1.29 is 9.53 Å². The number of carbonyl (C=O) groups excluding carboxylic acids is 1. The lowest BCUT2D eigenvalue weighted by Crippen LogP contribution is -2.08. The smallest absolute Gasteiger partial charge is 0.182 e. The van der Waals surface area contributed by atoms with Gasteiger partial charge in [0.2, 0.25) is 0 Å². The molecule has 0 bridgehead atoms. The van der Waals surface area contributed by atoms with Gasteiger partial charge in [-0.25, -0.2) is 4.98 Å². The number of ketones is 1. The van der Waals surface area contributed by atoms with Crippen molar-refractivity contribution in [3.63, 3.8) is 0 Å². The van der Waals surface area contributed by atoms with E-state index in [1.807, 2.05) is 18.2 Å². The number of benzene rings is 1. The number of carbonyl (C=O) groups is 1. The lowest BCUT2D eigenvalue weighted by atomic mass is 10.0. The van der Waals surface area contributed by atoms with E-state index in [1.165, 1.54) is 0 Å². The summed E-state index contributed by atoms with van der Waals surface area (Å²) in [7, 11) is 1.64. The van der Waals surface area contributed by atoms with Crippen molar-refractivity contribution >= 4 is 33.0 Å². The average Bonchev–Trinajstić information content (AvgIpc) is 2.84. The number of Topliss-reactive ketones (excluding diaryl/α,β-unsaturated/α-hetero) is 1. The summed E-state index contributed by atoms with van der Waals surface area (Å²) in [4.78, 5) is 17.4. The number of hydrogen-bond acceptors (Lipinski definition) is 4. The molecule has 1 heterocycles. The van der Waals surface area contributed by atoms with Gasteiger partial charge >= 0.3 is 0 Å². The minimum Gasteiger partial charge on any atom is -0.496 e. The second-order valence-corrected chi connectivity index (χ2v) is 6.35. The molecule has 3 rings (SSSR count). The first-order valence-corrected chi connectivity index (χ1v) is 7.67. The molecule has 0 atom stereocenters. The van der Waals surface area contributed by atoms with Crippen LogP contribution in [-0.2, 0) is 6.42 Å². The molecule has 0 unspecified atom stereocenters. The number of rotatable bonds is 2. The van der Waals surface area contributed by atoms with Crippen molar-refractivity contribution in [3.8, 4) is 16.3 Å². The maximum absolute atomic E-state index is 11.8. The number of thiazole rings is 1. The molecule has 19 heavy (non-hydrogen) atoms. The second kappa shape index (κ2) is 5.06. The van der Waals surface area contributed by atoms with E-state index in [2.05, 4.69) is 20.9 Å². The Labute approximate surface area is 123 Å². The van der Waals surface area contributed by atoms with Gasteiger partial charge in [-0.2, -0.15) is 0 Å². The third kappa shape index (κ3) is 2.32. The molecule has 98 valence electrons. The van der Waals surface area contributed by atoms with Gasteiger partial charge in [-0.3, -0.25) is 4.79 Å². The van der Waals surface area contributed by atoms with E-state index in [0.717, 1.165) is 38.5 Å². The molecular formula is C14H12BrNO2S. The summed E-state index contributed by atoms with van der Waals surface area (Å²) in [5, 5.41) is 0.906. The van der Waals surface area contributed by atoms with Crippen molar-refractivity contribution in [2.75, 3.05) is 7.11 Å². The Kier molecular flexibility index (Phi) is 3.41. The summed E-state index contributed by atoms with van der Waals surface area (Å²) >= 11 is 5.09. The quantitative estimate of drug-likeness (QED) is 0.828. The highest BCUT2D eigenvalue weighted by Gasteiger charge is 2.22. The number of ether oxygens (including phenoxy) is 1. The van der Waals surface area contributed by atoms with Gasteiger partial charge in [0.25, 0.3) is 0 Å². The minimum atomic E-state index is 0.177. The Morgan fingerprint density at radius 2 is 2.21 bits per heavy atom. The fourth-order valence-electron chi connectivity index (χ4n) is 2.19. The van der Waals surface area contributed by atoms with Gasteiger partial charge in [0.15, 0.2) is 5.78 Å². The third-order valence-electron chi connectivity index (χ3n) is 3.17. The van der Waals surface area contributed by atoms with E-state index in [-0.39, 0.29) is 5.78 Å². The van der Waals surface area contributed by atoms with Crippen molar-refractivity contribution in [1.82, 2.24) is 4.98 Å². The lowest BCUT2D eigenvalue weighted by Gasteiger charge is -2.06. The van der Waals surface area contributed by atoms with Crippen LogP contribution in [0.15, 0.2) is 22.7 Å². The molecule has 1 aliphatic carbocycles. The fraction of sp³-hybridized carbons (Fsp3) is 0.286. The van der Waals surface area contributed by atoms with E-state index in [9.17, 15) is 4.79 Å². The van der Waals surface area contributed by atoms with Gasteiger partial charge < -0.3 is 4.74 Å². The van der Waals surface area contributed by atoms with Crippen LogP contribution in [0.5, 0.6) is 5.75 Å². The summed E-state index contributed by atoms with van der Waals surface area (Å²) in [6.07, 6.45) is 2.54. The van der Waals surface area contributed by atoms with Gasteiger partial charge in [0, 0.05) is 16.9 Å². The van der Waals surface area contributed by atoms with E-state index in [1.54, 1.807) is 18.4 Å². The number of fused-ring (bicyclic) bond motifs is 1. The van der Waals surface area contributed by atoms with Crippen LogP contribution in [0.4, 0.5) is 0 Å². The zero-order chi connectivity index (χ0) is 13.4. The van der Waals surface area contributed by atoms with E-state index in [0.29, 0.717) is 12.1 Å². The SMILES string of the molecule is COc1ccc(-c2nc3c(s2)CCCC3=O)cc1Br. The maximum Gasteiger partial charge on any atom is 0.182 e. The topological polar surface area (TPSA) is 39.2 Å². The molecule has 0 radical (unpaired) electrons. The van der Waals surface area contributed by atoms with Gasteiger partial charge in [-0.15, -0.1) is 11.3 Å². The number of nitrogens with zero attached hydrogens (tertiary/aromatic N) is 1. The highest BCUT2D eigenvalue weighted by molar-refractivity contribution is 9.10. The van der Waals surface area contributed by atoms with E-state index < -0.39 is 0 Å². The third-order valence-corrected chi connectivity index (χ3v) is 4.95. The molecule has 0 aliphatic heterocycles. The van der Waals surface area contributed by atoms with Crippen molar-refractivity contribution in [3.05, 3.63) is 33.2 Å². The fourth-order valence-corrected chi connectivity index (χ4v) is 3.85. The van der Waals surface area contributed by atoms with Gasteiger partial charge in [0.05, 0.1) is 11.6 Å². The zero-order valence-electron chi connectivity index (χ0n) is 10.4. The Balaban J connectivity index is 2.03. The van der Waals surface area contributed by atoms with Crippen molar-refractivity contribution in [2.45, 2.75) is 19.3 Å². The molecule has 3 nitrogen and oxygen atoms in total. The molecule has 2 aromatic rings. The molecule has 1 aromatic carbocycles. The maximum atomic E-state index is 11.8. The minimum absolute atomic E-state index is 0.177. The summed E-state index contributed by atoms with van der Waals surface area (Å²) < 4.78 is 6.11. The Bertz CT molecular complexity index is 651. The molecule has 0 N–H and O–H groups in total. The number of hydrogen-bond donors (Lipinski definition) is 0. The Morgan fingerprint density at radius 3 is 2.89 bits per heavy atom. The molecule has 0 saturated heterocycles. The predicted octanol–water partition coefficient (Wildman–Crippen LogP) is 4.10. The van der Waals surface area contributed by atoms with Crippen LogP contribution in [0, 0.1) is 0 Å². The van der Waals surface area contributed by atoms with E-state index >= 15 is 0 Å². The molecule has 1 aliphatic rings. The number of aromatic nitrogens is 1. The highest BCUT2D eigenvalue weighted by Crippen LogP contribution is 2.35. The van der Waals surface area contributed by atoms with Crippen LogP contribution in [0.25, 0.3) is 10.6 Å². The molecule has 0 fully saturated rings. The first-order valence-electron chi connectivity index (χ1n) is 6.06. The van der Waals surface area contributed by atoms with Crippen LogP contribution in [-0.4, -0.2) is 17.9 Å². The summed E-state index contributed by atoms with van der Waals surface area (Å²) in [5.74, 6) is 0.970. The van der Waals surface area contributed by atoms with Gasteiger partial charge in [0.1, 0.15) is 16.5 Å². The first-order chi connectivity index (χ1) is 9.19. The molecule has 0 amide bonds. The standard InChI is InChI=1S/C14H12BrNO2S/c1-18-11-6-5-8(7-9(11)15)14-16-13-10(17)3-2-4-12(13)19-14/h5-7H,2-4H2,1H3. The average molecular weight is 338 g/mol. The largest absolute Gasteiger partial charge is 0.496 e. The van der Waals surface area contributed by atoms with Crippen LogP contribution in [0.1, 0.15) is 28.2 Å². The Hall–Kier alpha value is -1.20. The van der Waals surface area contributed by atoms with Crippen LogP contribution >= 0.6 is 27.3 Å².